The topological polar surface area (TPSA) is 74.3 Å². The van der Waals surface area contributed by atoms with Gasteiger partial charge in [-0.25, -0.2) is 0 Å². The van der Waals surface area contributed by atoms with Crippen molar-refractivity contribution in [2.45, 2.75) is 13.0 Å². The Bertz CT molecular complexity index is 478. The third kappa shape index (κ3) is 3.46. The van der Waals surface area contributed by atoms with Crippen LogP contribution in [0.2, 0.25) is 0 Å². The third-order valence-corrected chi connectivity index (χ3v) is 3.23. The maximum absolute atomic E-state index is 12.3. The van der Waals surface area contributed by atoms with E-state index in [1.54, 1.807) is 19.2 Å². The molecule has 1 fully saturated rings. The first kappa shape index (κ1) is 16.4. The number of carbonyl (C=O) groups is 2. The Morgan fingerprint density at radius 3 is 2.75 bits per heavy atom. The van der Waals surface area contributed by atoms with Gasteiger partial charge in [0.25, 0.3) is 11.8 Å². The van der Waals surface area contributed by atoms with Crippen molar-refractivity contribution in [3.63, 3.8) is 0 Å². The number of hydrogen-bond donors (Lipinski definition) is 2. The summed E-state index contributed by atoms with van der Waals surface area (Å²) in [5, 5.41) is 5.74. The first-order chi connectivity index (χ1) is 9.13. The van der Waals surface area contributed by atoms with Crippen LogP contribution in [-0.2, 0) is 0 Å². The molecule has 0 aliphatic carbocycles. The van der Waals surface area contributed by atoms with Gasteiger partial charge in [0.15, 0.2) is 0 Å². The molecule has 1 aromatic rings. The van der Waals surface area contributed by atoms with E-state index in [-0.39, 0.29) is 30.3 Å². The lowest BCUT2D eigenvalue weighted by molar-refractivity contribution is 0.0655. The maximum Gasteiger partial charge on any atom is 0.269 e. The smallest absolute Gasteiger partial charge is 0.269 e. The minimum Gasteiger partial charge on any atom is -0.354 e. The summed E-state index contributed by atoms with van der Waals surface area (Å²) in [7, 11) is 1.55. The lowest BCUT2D eigenvalue weighted by Gasteiger charge is -2.33. The molecule has 1 atom stereocenters. The average molecular weight is 299 g/mol. The standard InChI is InChI=1S/C13H18N4O2.ClH/c1-9-7-15-5-6-17(9)13(19)10-3-4-11(16-8-10)12(18)14-2;/h3-4,8-9,15H,5-7H2,1-2H3,(H,14,18);1H/t9-;/m0./s1. The molecule has 0 radical (unpaired) electrons. The highest BCUT2D eigenvalue weighted by Gasteiger charge is 2.24. The van der Waals surface area contributed by atoms with Crippen molar-refractivity contribution >= 4 is 24.2 Å². The number of piperazine rings is 1. The molecule has 110 valence electrons. The predicted molar refractivity (Wildman–Crippen MR) is 78.2 cm³/mol. The number of rotatable bonds is 2. The highest BCUT2D eigenvalue weighted by atomic mass is 35.5. The van der Waals surface area contributed by atoms with Crippen LogP contribution in [0.4, 0.5) is 0 Å². The molecule has 0 saturated carbocycles. The van der Waals surface area contributed by atoms with Gasteiger partial charge in [-0.05, 0) is 19.1 Å². The molecule has 2 amide bonds. The van der Waals surface area contributed by atoms with E-state index in [1.165, 1.54) is 6.20 Å². The van der Waals surface area contributed by atoms with E-state index in [1.807, 2.05) is 11.8 Å². The largest absolute Gasteiger partial charge is 0.354 e. The zero-order valence-corrected chi connectivity index (χ0v) is 12.4. The summed E-state index contributed by atoms with van der Waals surface area (Å²) in [6.45, 7) is 4.31. The Kier molecular flexibility index (Phi) is 5.91. The molecule has 0 unspecified atom stereocenters. The first-order valence-electron chi connectivity index (χ1n) is 6.33. The molecule has 1 saturated heterocycles. The lowest BCUT2D eigenvalue weighted by atomic mass is 10.1. The average Bonchev–Trinajstić information content (AvgIpc) is 2.46. The van der Waals surface area contributed by atoms with Crippen molar-refractivity contribution in [3.8, 4) is 0 Å². The van der Waals surface area contributed by atoms with Crippen LogP contribution in [-0.4, -0.2) is 54.4 Å². The van der Waals surface area contributed by atoms with Gasteiger partial charge in [0, 0.05) is 38.9 Å². The molecule has 2 rings (SSSR count). The molecule has 20 heavy (non-hydrogen) atoms. The molecule has 1 aromatic heterocycles. The SMILES string of the molecule is CNC(=O)c1ccc(C(=O)N2CCNC[C@@H]2C)cn1.Cl. The van der Waals surface area contributed by atoms with Gasteiger partial charge in [0.05, 0.1) is 5.56 Å². The van der Waals surface area contributed by atoms with Crippen molar-refractivity contribution in [2.75, 3.05) is 26.7 Å². The number of halogens is 1. The van der Waals surface area contributed by atoms with E-state index in [0.717, 1.165) is 13.1 Å². The second-order valence-electron chi connectivity index (χ2n) is 4.56. The highest BCUT2D eigenvalue weighted by Crippen LogP contribution is 2.10. The van der Waals surface area contributed by atoms with Crippen LogP contribution in [0.1, 0.15) is 27.8 Å². The Hall–Kier alpha value is -1.66. The van der Waals surface area contributed by atoms with E-state index >= 15 is 0 Å². The van der Waals surface area contributed by atoms with Crippen LogP contribution < -0.4 is 10.6 Å². The molecular weight excluding hydrogens is 280 g/mol. The zero-order chi connectivity index (χ0) is 13.8. The van der Waals surface area contributed by atoms with Gasteiger partial charge >= 0.3 is 0 Å². The fraction of sp³-hybridized carbons (Fsp3) is 0.462. The number of aromatic nitrogens is 1. The Balaban J connectivity index is 0.00000200. The molecule has 1 aliphatic rings. The van der Waals surface area contributed by atoms with E-state index in [4.69, 9.17) is 0 Å². The number of pyridine rings is 1. The number of hydrogen-bond acceptors (Lipinski definition) is 4. The number of amides is 2. The monoisotopic (exact) mass is 298 g/mol. The van der Waals surface area contributed by atoms with Crippen molar-refractivity contribution in [3.05, 3.63) is 29.6 Å². The number of nitrogens with one attached hydrogen (secondary N) is 2. The van der Waals surface area contributed by atoms with Crippen LogP contribution in [0.15, 0.2) is 18.3 Å². The second-order valence-corrected chi connectivity index (χ2v) is 4.56. The van der Waals surface area contributed by atoms with Crippen molar-refractivity contribution in [2.24, 2.45) is 0 Å². The maximum atomic E-state index is 12.3. The summed E-state index contributed by atoms with van der Waals surface area (Å²) in [6.07, 6.45) is 1.46. The minimum atomic E-state index is -0.255. The fourth-order valence-electron chi connectivity index (χ4n) is 2.09. The quantitative estimate of drug-likeness (QED) is 0.823. The van der Waals surface area contributed by atoms with Gasteiger partial charge in [-0.1, -0.05) is 0 Å². The van der Waals surface area contributed by atoms with Gasteiger partial charge in [0.1, 0.15) is 5.69 Å². The normalized spacial score (nSPS) is 18.1. The van der Waals surface area contributed by atoms with E-state index in [9.17, 15) is 9.59 Å². The predicted octanol–water partition coefficient (Wildman–Crippen LogP) is 0.297. The molecule has 0 spiro atoms. The van der Waals surface area contributed by atoms with E-state index in [2.05, 4.69) is 15.6 Å². The van der Waals surface area contributed by atoms with Crippen LogP contribution in [0.5, 0.6) is 0 Å². The summed E-state index contributed by atoms with van der Waals surface area (Å²) in [5.74, 6) is -0.292. The van der Waals surface area contributed by atoms with Gasteiger partial charge in [-0.2, -0.15) is 0 Å². The van der Waals surface area contributed by atoms with Crippen molar-refractivity contribution in [1.82, 2.24) is 20.5 Å². The summed E-state index contributed by atoms with van der Waals surface area (Å²) >= 11 is 0. The Morgan fingerprint density at radius 1 is 1.45 bits per heavy atom. The van der Waals surface area contributed by atoms with Crippen molar-refractivity contribution < 1.29 is 9.59 Å². The molecular formula is C13H19ClN4O2. The highest BCUT2D eigenvalue weighted by molar-refractivity contribution is 5.96. The Labute approximate surface area is 124 Å². The first-order valence-corrected chi connectivity index (χ1v) is 6.33. The van der Waals surface area contributed by atoms with Gasteiger partial charge in [-0.3, -0.25) is 14.6 Å². The lowest BCUT2D eigenvalue weighted by Crippen LogP contribution is -2.52. The molecule has 6 nitrogen and oxygen atoms in total. The van der Waals surface area contributed by atoms with Gasteiger partial charge in [-0.15, -0.1) is 12.4 Å². The molecule has 7 heteroatoms. The molecule has 0 aromatic carbocycles. The van der Waals surface area contributed by atoms with Crippen molar-refractivity contribution in [1.29, 1.82) is 0 Å². The molecule has 2 N–H and O–H groups in total. The van der Waals surface area contributed by atoms with Crippen LogP contribution >= 0.6 is 12.4 Å². The Morgan fingerprint density at radius 2 is 2.20 bits per heavy atom. The molecule has 2 heterocycles. The zero-order valence-electron chi connectivity index (χ0n) is 11.5. The number of carbonyl (C=O) groups excluding carboxylic acids is 2. The van der Waals surface area contributed by atoms with E-state index < -0.39 is 0 Å². The van der Waals surface area contributed by atoms with Gasteiger partial charge < -0.3 is 15.5 Å². The fourth-order valence-corrected chi connectivity index (χ4v) is 2.09. The minimum absolute atomic E-state index is 0. The summed E-state index contributed by atoms with van der Waals surface area (Å²) in [6, 6.07) is 3.38. The van der Waals surface area contributed by atoms with Crippen LogP contribution in [0, 0.1) is 0 Å². The number of nitrogens with zero attached hydrogens (tertiary/aromatic N) is 2. The second kappa shape index (κ2) is 7.21. The van der Waals surface area contributed by atoms with Gasteiger partial charge in [0.2, 0.25) is 0 Å². The van der Waals surface area contributed by atoms with Crippen LogP contribution in [0.3, 0.4) is 0 Å². The third-order valence-electron chi connectivity index (χ3n) is 3.23. The van der Waals surface area contributed by atoms with E-state index in [0.29, 0.717) is 17.8 Å². The summed E-state index contributed by atoms with van der Waals surface area (Å²) in [4.78, 5) is 29.5. The molecule has 1 aliphatic heterocycles. The molecule has 0 bridgehead atoms. The summed E-state index contributed by atoms with van der Waals surface area (Å²) in [5.41, 5.74) is 0.828. The van der Waals surface area contributed by atoms with Crippen LogP contribution in [0.25, 0.3) is 0 Å². The summed E-state index contributed by atoms with van der Waals surface area (Å²) < 4.78 is 0.